The number of benzene rings is 3. The van der Waals surface area contributed by atoms with Crippen molar-refractivity contribution in [1.82, 2.24) is 4.98 Å². The van der Waals surface area contributed by atoms with Crippen molar-refractivity contribution in [2.75, 3.05) is 4.90 Å². The van der Waals surface area contributed by atoms with Gasteiger partial charge in [0, 0.05) is 22.7 Å². The molecule has 1 amide bonds. The molecule has 0 radical (unpaired) electrons. The van der Waals surface area contributed by atoms with Crippen LogP contribution >= 0.6 is 22.9 Å². The van der Waals surface area contributed by atoms with Crippen molar-refractivity contribution in [2.45, 2.75) is 13.5 Å². The second-order valence-corrected chi connectivity index (χ2v) is 8.11. The highest BCUT2D eigenvalue weighted by Crippen LogP contribution is 2.34. The van der Waals surface area contributed by atoms with E-state index in [1.807, 2.05) is 49.4 Å². The second kappa shape index (κ2) is 8.22. The van der Waals surface area contributed by atoms with Gasteiger partial charge in [0.05, 0.1) is 21.7 Å². The summed E-state index contributed by atoms with van der Waals surface area (Å²) in [7, 11) is 0. The number of aromatic nitrogens is 1. The van der Waals surface area contributed by atoms with Crippen molar-refractivity contribution in [3.63, 3.8) is 0 Å². The minimum atomic E-state index is -0.490. The third-order valence-electron chi connectivity index (χ3n) is 4.72. The maximum absolute atomic E-state index is 13.4. The molecule has 0 aliphatic heterocycles. The van der Waals surface area contributed by atoms with E-state index in [1.54, 1.807) is 4.90 Å². The summed E-state index contributed by atoms with van der Waals surface area (Å²) in [6.45, 7) is 2.22. The number of anilines is 1. The summed E-state index contributed by atoms with van der Waals surface area (Å²) in [6.07, 6.45) is 0. The van der Waals surface area contributed by atoms with E-state index in [1.165, 1.54) is 35.6 Å². The molecule has 0 aliphatic carbocycles. The van der Waals surface area contributed by atoms with Gasteiger partial charge in [-0.1, -0.05) is 53.3 Å². The molecule has 0 aliphatic rings. The summed E-state index contributed by atoms with van der Waals surface area (Å²) in [5, 5.41) is 12.1. The fourth-order valence-corrected chi connectivity index (χ4v) is 4.25. The lowest BCUT2D eigenvalue weighted by Gasteiger charge is -2.20. The van der Waals surface area contributed by atoms with Crippen LogP contribution in [0.25, 0.3) is 10.2 Å². The number of thiazole rings is 1. The Morgan fingerprint density at radius 1 is 1.10 bits per heavy atom. The largest absolute Gasteiger partial charge is 0.279 e. The molecule has 4 rings (SSSR count). The van der Waals surface area contributed by atoms with Crippen LogP contribution in [0.2, 0.25) is 5.02 Å². The SMILES string of the molecule is Cc1c(Cl)ccc2sc(N(Cc3ccccc3)C(=O)c3ccc([N+](=O)[O-])cc3)nc12. The van der Waals surface area contributed by atoms with Gasteiger partial charge in [-0.2, -0.15) is 0 Å². The summed E-state index contributed by atoms with van der Waals surface area (Å²) in [5.41, 5.74) is 2.86. The van der Waals surface area contributed by atoms with Gasteiger partial charge in [0.1, 0.15) is 0 Å². The normalized spacial score (nSPS) is 10.9. The average molecular weight is 438 g/mol. The number of carbonyl (C=O) groups excluding carboxylic acids is 1. The van der Waals surface area contributed by atoms with Crippen LogP contribution in [0, 0.1) is 17.0 Å². The highest BCUT2D eigenvalue weighted by atomic mass is 35.5. The van der Waals surface area contributed by atoms with E-state index in [0.717, 1.165) is 21.3 Å². The molecule has 150 valence electrons. The Hall–Kier alpha value is -3.29. The molecule has 1 heterocycles. The monoisotopic (exact) mass is 437 g/mol. The number of rotatable bonds is 5. The first-order valence-electron chi connectivity index (χ1n) is 9.10. The molecule has 0 fully saturated rings. The van der Waals surface area contributed by atoms with Crippen LogP contribution in [0.4, 0.5) is 10.8 Å². The average Bonchev–Trinajstić information content (AvgIpc) is 3.20. The molecule has 0 saturated heterocycles. The standard InChI is InChI=1S/C22H16ClN3O3S/c1-14-18(23)11-12-19-20(14)24-22(30-19)25(13-15-5-3-2-4-6-15)21(27)16-7-9-17(10-8-16)26(28)29/h2-12H,13H2,1H3. The van der Waals surface area contributed by atoms with E-state index in [2.05, 4.69) is 0 Å². The molecular formula is C22H16ClN3O3S. The molecule has 4 aromatic rings. The Kier molecular flexibility index (Phi) is 5.48. The number of aryl methyl sites for hydroxylation is 1. The van der Waals surface area contributed by atoms with Crippen LogP contribution in [0.5, 0.6) is 0 Å². The topological polar surface area (TPSA) is 76.3 Å². The molecule has 0 saturated carbocycles. The van der Waals surface area contributed by atoms with Crippen LogP contribution in [0.15, 0.2) is 66.7 Å². The van der Waals surface area contributed by atoms with Crippen LogP contribution in [-0.2, 0) is 6.54 Å². The molecule has 3 aromatic carbocycles. The van der Waals surface area contributed by atoms with Crippen molar-refractivity contribution >= 4 is 49.9 Å². The quantitative estimate of drug-likeness (QED) is 0.283. The number of non-ortho nitro benzene ring substituents is 1. The number of fused-ring (bicyclic) bond motifs is 1. The van der Waals surface area contributed by atoms with E-state index >= 15 is 0 Å². The molecule has 30 heavy (non-hydrogen) atoms. The zero-order valence-electron chi connectivity index (χ0n) is 15.9. The Morgan fingerprint density at radius 2 is 1.80 bits per heavy atom. The molecule has 6 nitrogen and oxygen atoms in total. The minimum absolute atomic E-state index is 0.0635. The number of halogens is 1. The number of amides is 1. The smallest absolute Gasteiger partial charge is 0.269 e. The van der Waals surface area contributed by atoms with Gasteiger partial charge in [0.25, 0.3) is 11.6 Å². The highest BCUT2D eigenvalue weighted by molar-refractivity contribution is 7.22. The van der Waals surface area contributed by atoms with Crippen molar-refractivity contribution in [2.24, 2.45) is 0 Å². The molecule has 0 bridgehead atoms. The molecule has 1 aromatic heterocycles. The summed E-state index contributed by atoms with van der Waals surface area (Å²) < 4.78 is 0.932. The molecular weight excluding hydrogens is 422 g/mol. The molecule has 8 heteroatoms. The summed E-state index contributed by atoms with van der Waals surface area (Å²) >= 11 is 7.64. The highest BCUT2D eigenvalue weighted by Gasteiger charge is 2.23. The number of nitro benzene ring substituents is 1. The Bertz CT molecular complexity index is 1240. The van der Waals surface area contributed by atoms with Gasteiger partial charge in [-0.25, -0.2) is 4.98 Å². The van der Waals surface area contributed by atoms with E-state index in [4.69, 9.17) is 16.6 Å². The summed E-state index contributed by atoms with van der Waals surface area (Å²) in [5.74, 6) is -0.281. The predicted octanol–water partition coefficient (Wildman–Crippen LogP) is 6.01. The van der Waals surface area contributed by atoms with Crippen molar-refractivity contribution in [3.8, 4) is 0 Å². The molecule has 0 spiro atoms. The Morgan fingerprint density at radius 3 is 2.47 bits per heavy atom. The number of carbonyl (C=O) groups is 1. The van der Waals surface area contributed by atoms with Gasteiger partial charge in [0.2, 0.25) is 0 Å². The first-order chi connectivity index (χ1) is 14.4. The van der Waals surface area contributed by atoms with Crippen LogP contribution in [-0.4, -0.2) is 15.8 Å². The first kappa shape index (κ1) is 20.0. The van der Waals surface area contributed by atoms with Gasteiger partial charge in [-0.05, 0) is 42.3 Å². The van der Waals surface area contributed by atoms with Crippen LogP contribution < -0.4 is 4.90 Å². The number of nitro groups is 1. The number of nitrogens with zero attached hydrogens (tertiary/aromatic N) is 3. The second-order valence-electron chi connectivity index (χ2n) is 6.70. The third kappa shape index (κ3) is 3.90. The Labute approximate surface area is 181 Å². The maximum atomic E-state index is 13.4. The Balaban J connectivity index is 1.77. The number of hydrogen-bond donors (Lipinski definition) is 0. The minimum Gasteiger partial charge on any atom is -0.279 e. The van der Waals surface area contributed by atoms with E-state index in [0.29, 0.717) is 22.3 Å². The zero-order valence-corrected chi connectivity index (χ0v) is 17.5. The lowest BCUT2D eigenvalue weighted by Crippen LogP contribution is -2.30. The summed E-state index contributed by atoms with van der Waals surface area (Å²) in [4.78, 5) is 30.1. The zero-order chi connectivity index (χ0) is 21.3. The fraction of sp³-hybridized carbons (Fsp3) is 0.0909. The maximum Gasteiger partial charge on any atom is 0.269 e. The first-order valence-corrected chi connectivity index (χ1v) is 10.3. The molecule has 0 unspecified atom stereocenters. The van der Waals surface area contributed by atoms with Crippen LogP contribution in [0.3, 0.4) is 0 Å². The van der Waals surface area contributed by atoms with E-state index < -0.39 is 4.92 Å². The van der Waals surface area contributed by atoms with Crippen LogP contribution in [0.1, 0.15) is 21.5 Å². The predicted molar refractivity (Wildman–Crippen MR) is 119 cm³/mol. The summed E-state index contributed by atoms with van der Waals surface area (Å²) in [6, 6.07) is 18.9. The van der Waals surface area contributed by atoms with Gasteiger partial charge in [0.15, 0.2) is 5.13 Å². The molecule has 0 N–H and O–H groups in total. The van der Waals surface area contributed by atoms with Crippen molar-refractivity contribution in [1.29, 1.82) is 0 Å². The van der Waals surface area contributed by atoms with Gasteiger partial charge in [-0.3, -0.25) is 19.8 Å². The lowest BCUT2D eigenvalue weighted by atomic mass is 10.1. The van der Waals surface area contributed by atoms with Gasteiger partial charge < -0.3 is 0 Å². The van der Waals surface area contributed by atoms with Gasteiger partial charge in [-0.15, -0.1) is 0 Å². The van der Waals surface area contributed by atoms with Crippen molar-refractivity contribution < 1.29 is 9.72 Å². The molecule has 0 atom stereocenters. The van der Waals surface area contributed by atoms with Gasteiger partial charge >= 0.3 is 0 Å². The lowest BCUT2D eigenvalue weighted by molar-refractivity contribution is -0.384. The van der Waals surface area contributed by atoms with E-state index in [9.17, 15) is 14.9 Å². The van der Waals surface area contributed by atoms with E-state index in [-0.39, 0.29) is 11.6 Å². The third-order valence-corrected chi connectivity index (χ3v) is 6.17. The van der Waals surface area contributed by atoms with Crippen molar-refractivity contribution in [3.05, 3.63) is 98.6 Å². The number of hydrogen-bond acceptors (Lipinski definition) is 5. The fourth-order valence-electron chi connectivity index (χ4n) is 3.08.